The molecule has 0 N–H and O–H groups in total. The summed E-state index contributed by atoms with van der Waals surface area (Å²) in [6.07, 6.45) is 3.43. The van der Waals surface area contributed by atoms with Crippen LogP contribution >= 0.6 is 0 Å². The number of carbonyl (C=O) groups excluding carboxylic acids is 1. The minimum absolute atomic E-state index is 0.0867. The third kappa shape index (κ3) is 3.23. The number of anilines is 1. The average Bonchev–Trinajstić information content (AvgIpc) is 3.05. The summed E-state index contributed by atoms with van der Waals surface area (Å²) in [6.45, 7) is 1.69. The number of nitro groups is 1. The number of ether oxygens (including phenoxy) is 1. The lowest BCUT2D eigenvalue weighted by atomic mass is 10.1. The fraction of sp³-hybridized carbons (Fsp3) is 0.333. The van der Waals surface area contributed by atoms with Crippen LogP contribution in [0.4, 0.5) is 11.4 Å². The van der Waals surface area contributed by atoms with Gasteiger partial charge in [-0.15, -0.1) is 0 Å². The van der Waals surface area contributed by atoms with E-state index in [0.29, 0.717) is 5.56 Å². The second-order valence-electron chi connectivity index (χ2n) is 4.86. The molecule has 0 bridgehead atoms. The Balaban J connectivity index is 2.52. The van der Waals surface area contributed by atoms with Gasteiger partial charge in [0.05, 0.1) is 12.0 Å². The molecule has 0 atom stereocenters. The molecule has 114 valence electrons. The highest BCUT2D eigenvalue weighted by Gasteiger charge is 2.19. The van der Waals surface area contributed by atoms with Crippen molar-refractivity contribution in [1.29, 1.82) is 5.26 Å². The van der Waals surface area contributed by atoms with Crippen molar-refractivity contribution < 1.29 is 14.5 Å². The van der Waals surface area contributed by atoms with E-state index in [9.17, 15) is 14.9 Å². The number of hydrogen-bond donors (Lipinski definition) is 0. The smallest absolute Gasteiger partial charge is 0.348 e. The fourth-order valence-corrected chi connectivity index (χ4v) is 2.42. The van der Waals surface area contributed by atoms with Crippen LogP contribution in [0.2, 0.25) is 0 Å². The molecule has 1 aromatic rings. The first-order valence-corrected chi connectivity index (χ1v) is 6.80. The molecule has 0 amide bonds. The monoisotopic (exact) mass is 301 g/mol. The van der Waals surface area contributed by atoms with Gasteiger partial charge < -0.3 is 9.64 Å². The van der Waals surface area contributed by atoms with Crippen LogP contribution in [0, 0.1) is 21.4 Å². The number of non-ortho nitro benzene ring substituents is 1. The fourth-order valence-electron chi connectivity index (χ4n) is 2.42. The van der Waals surface area contributed by atoms with Crippen molar-refractivity contribution in [3.63, 3.8) is 0 Å². The predicted octanol–water partition coefficient (Wildman–Crippen LogP) is 2.27. The Hall–Kier alpha value is -2.88. The maximum Gasteiger partial charge on any atom is 0.348 e. The summed E-state index contributed by atoms with van der Waals surface area (Å²) in [7, 11) is 1.18. The highest BCUT2D eigenvalue weighted by Crippen LogP contribution is 2.30. The molecular weight excluding hydrogens is 286 g/mol. The number of esters is 1. The van der Waals surface area contributed by atoms with Crippen LogP contribution in [-0.2, 0) is 9.53 Å². The Morgan fingerprint density at radius 2 is 2.14 bits per heavy atom. The van der Waals surface area contributed by atoms with Crippen molar-refractivity contribution in [2.24, 2.45) is 0 Å². The van der Waals surface area contributed by atoms with Gasteiger partial charge in [0.1, 0.15) is 11.6 Å². The summed E-state index contributed by atoms with van der Waals surface area (Å²) in [5.74, 6) is -0.763. The Bertz CT molecular complexity index is 670. The lowest BCUT2D eigenvalue weighted by Gasteiger charge is -2.20. The molecule has 2 rings (SSSR count). The zero-order valence-electron chi connectivity index (χ0n) is 12.1. The molecule has 22 heavy (non-hydrogen) atoms. The quantitative estimate of drug-likeness (QED) is 0.278. The van der Waals surface area contributed by atoms with Crippen molar-refractivity contribution in [2.75, 3.05) is 25.1 Å². The van der Waals surface area contributed by atoms with Crippen molar-refractivity contribution in [3.05, 3.63) is 39.4 Å². The molecule has 1 aliphatic rings. The van der Waals surface area contributed by atoms with Crippen molar-refractivity contribution in [1.82, 2.24) is 0 Å². The van der Waals surface area contributed by atoms with Gasteiger partial charge in [0.25, 0.3) is 5.69 Å². The summed E-state index contributed by atoms with van der Waals surface area (Å²) in [5.41, 5.74) is 0.970. The van der Waals surface area contributed by atoms with E-state index in [-0.39, 0.29) is 11.3 Å². The van der Waals surface area contributed by atoms with Gasteiger partial charge in [-0.3, -0.25) is 10.1 Å². The highest BCUT2D eigenvalue weighted by molar-refractivity contribution is 5.98. The second-order valence-corrected chi connectivity index (χ2v) is 4.86. The first-order valence-electron chi connectivity index (χ1n) is 6.80. The van der Waals surface area contributed by atoms with Crippen LogP contribution in [0.1, 0.15) is 18.4 Å². The van der Waals surface area contributed by atoms with Gasteiger partial charge in [0.2, 0.25) is 0 Å². The molecule has 1 aromatic carbocycles. The van der Waals surface area contributed by atoms with Crippen LogP contribution < -0.4 is 4.90 Å². The first kappa shape index (κ1) is 15.5. The van der Waals surface area contributed by atoms with E-state index in [4.69, 9.17) is 5.26 Å². The first-order chi connectivity index (χ1) is 10.6. The average molecular weight is 301 g/mol. The summed E-state index contributed by atoms with van der Waals surface area (Å²) < 4.78 is 4.54. The van der Waals surface area contributed by atoms with Gasteiger partial charge in [0.15, 0.2) is 0 Å². The van der Waals surface area contributed by atoms with Gasteiger partial charge in [-0.05, 0) is 25.0 Å². The van der Waals surface area contributed by atoms with E-state index in [0.717, 1.165) is 31.6 Å². The Morgan fingerprint density at radius 1 is 1.45 bits per heavy atom. The molecule has 7 heteroatoms. The SMILES string of the molecule is COC(=O)C(C#N)=Cc1cc([N+](=O)[O-])ccc1N1CCCC1. The number of carbonyl (C=O) groups is 1. The minimum Gasteiger partial charge on any atom is -0.465 e. The summed E-state index contributed by atoms with van der Waals surface area (Å²) in [5, 5.41) is 20.0. The number of benzene rings is 1. The van der Waals surface area contributed by atoms with Crippen molar-refractivity contribution in [3.8, 4) is 6.07 Å². The van der Waals surface area contributed by atoms with E-state index in [1.54, 1.807) is 12.1 Å². The van der Waals surface area contributed by atoms with Crippen LogP contribution in [0.15, 0.2) is 23.8 Å². The van der Waals surface area contributed by atoms with E-state index in [1.807, 2.05) is 0 Å². The van der Waals surface area contributed by atoms with E-state index >= 15 is 0 Å². The summed E-state index contributed by atoms with van der Waals surface area (Å²) >= 11 is 0. The standard InChI is InChI=1S/C15H15N3O4/c1-22-15(19)12(10-16)8-11-9-13(18(20)21)4-5-14(11)17-6-2-3-7-17/h4-5,8-9H,2-3,6-7H2,1H3. The number of nitriles is 1. The number of rotatable bonds is 4. The summed E-state index contributed by atoms with van der Waals surface area (Å²) in [6, 6.07) is 6.22. The van der Waals surface area contributed by atoms with E-state index in [1.165, 1.54) is 25.3 Å². The van der Waals surface area contributed by atoms with E-state index < -0.39 is 10.9 Å². The molecule has 0 spiro atoms. The third-order valence-corrected chi connectivity index (χ3v) is 3.49. The normalized spacial score (nSPS) is 14.5. The molecule has 1 heterocycles. The maximum absolute atomic E-state index is 11.5. The topological polar surface area (TPSA) is 96.5 Å². The minimum atomic E-state index is -0.763. The molecule has 0 aromatic heterocycles. The summed E-state index contributed by atoms with van der Waals surface area (Å²) in [4.78, 5) is 24.1. The molecule has 0 unspecified atom stereocenters. The van der Waals surface area contributed by atoms with Gasteiger partial charge in [-0.1, -0.05) is 0 Å². The molecule has 1 saturated heterocycles. The number of hydrogen-bond acceptors (Lipinski definition) is 6. The van der Waals surface area contributed by atoms with Crippen molar-refractivity contribution in [2.45, 2.75) is 12.8 Å². The molecule has 0 aliphatic carbocycles. The van der Waals surface area contributed by atoms with Gasteiger partial charge in [-0.25, -0.2) is 4.79 Å². The molecular formula is C15H15N3O4. The molecule has 1 fully saturated rings. The van der Waals surface area contributed by atoms with Gasteiger partial charge >= 0.3 is 5.97 Å². The van der Waals surface area contributed by atoms with Crippen LogP contribution in [0.3, 0.4) is 0 Å². The zero-order chi connectivity index (χ0) is 16.1. The highest BCUT2D eigenvalue weighted by atomic mass is 16.6. The largest absolute Gasteiger partial charge is 0.465 e. The number of nitrogens with zero attached hydrogens (tertiary/aromatic N) is 3. The van der Waals surface area contributed by atoms with Crippen LogP contribution in [-0.4, -0.2) is 31.1 Å². The molecule has 1 aliphatic heterocycles. The van der Waals surface area contributed by atoms with Gasteiger partial charge in [0, 0.05) is 36.5 Å². The number of nitro benzene ring substituents is 1. The molecule has 0 radical (unpaired) electrons. The second kappa shape index (κ2) is 6.72. The molecule has 7 nitrogen and oxygen atoms in total. The van der Waals surface area contributed by atoms with Crippen LogP contribution in [0.25, 0.3) is 6.08 Å². The Morgan fingerprint density at radius 3 is 2.68 bits per heavy atom. The van der Waals surface area contributed by atoms with Crippen LogP contribution in [0.5, 0.6) is 0 Å². The Labute approximate surface area is 127 Å². The molecule has 0 saturated carbocycles. The van der Waals surface area contributed by atoms with E-state index in [2.05, 4.69) is 9.64 Å². The Kier molecular flexibility index (Phi) is 4.73. The predicted molar refractivity (Wildman–Crippen MR) is 80.1 cm³/mol. The third-order valence-electron chi connectivity index (χ3n) is 3.49. The lowest BCUT2D eigenvalue weighted by molar-refractivity contribution is -0.384. The van der Waals surface area contributed by atoms with Gasteiger partial charge in [-0.2, -0.15) is 5.26 Å². The lowest BCUT2D eigenvalue weighted by Crippen LogP contribution is -2.18. The maximum atomic E-state index is 11.5. The number of methoxy groups -OCH3 is 1. The zero-order valence-corrected chi connectivity index (χ0v) is 12.1. The van der Waals surface area contributed by atoms with Crippen molar-refractivity contribution >= 4 is 23.4 Å².